The summed E-state index contributed by atoms with van der Waals surface area (Å²) in [5.74, 6) is 0.0179. The normalized spacial score (nSPS) is 20.4. The van der Waals surface area contributed by atoms with E-state index in [2.05, 4.69) is 45.5 Å². The van der Waals surface area contributed by atoms with Crippen molar-refractivity contribution in [3.8, 4) is 11.1 Å². The molecule has 0 bridgehead atoms. The quantitative estimate of drug-likeness (QED) is 0.242. The van der Waals surface area contributed by atoms with Crippen molar-refractivity contribution in [2.24, 2.45) is 23.2 Å². The maximum atomic E-state index is 14.0. The van der Waals surface area contributed by atoms with Crippen LogP contribution in [0, 0.1) is 5.41 Å². The van der Waals surface area contributed by atoms with Gasteiger partial charge in [-0.3, -0.25) is 24.2 Å². The minimum absolute atomic E-state index is 0.101. The van der Waals surface area contributed by atoms with Crippen LogP contribution in [0.3, 0.4) is 0 Å². The number of carbonyl (C=O) groups excluding carboxylic acids is 2. The minimum atomic E-state index is -0.457. The molecule has 6 rings (SSSR count). The number of amidine groups is 1. The Balaban J connectivity index is 1.39. The summed E-state index contributed by atoms with van der Waals surface area (Å²) >= 11 is 0. The molecule has 1 amide bonds. The molecule has 0 saturated carbocycles. The SMILES string of the molecule is CC(=O)OCc1c(-c2cc(N=C(N)/C=C3\NCCN(C)C3C)c(=O)n(C)c2)ccnc1N1CCn2c(cc3c2CC(C)(C)C3)C1=O. The van der Waals surface area contributed by atoms with Crippen molar-refractivity contribution >= 4 is 29.2 Å². The zero-order chi connectivity index (χ0) is 32.9. The number of piperazine rings is 1. The number of aliphatic imine (C=N–C) groups is 1. The predicted octanol–water partition coefficient (Wildman–Crippen LogP) is 2.89. The summed E-state index contributed by atoms with van der Waals surface area (Å²) in [4.78, 5) is 52.1. The highest BCUT2D eigenvalue weighted by Gasteiger charge is 2.37. The van der Waals surface area contributed by atoms with Gasteiger partial charge in [0, 0.05) is 87.2 Å². The van der Waals surface area contributed by atoms with Crippen LogP contribution in [0.2, 0.25) is 0 Å². The summed E-state index contributed by atoms with van der Waals surface area (Å²) in [5.41, 5.74) is 12.3. The Bertz CT molecular complexity index is 1850. The van der Waals surface area contributed by atoms with Crippen LogP contribution in [0.1, 0.15) is 55.0 Å². The number of carbonyl (C=O) groups is 2. The van der Waals surface area contributed by atoms with Crippen molar-refractivity contribution in [2.75, 3.05) is 31.6 Å². The van der Waals surface area contributed by atoms with Gasteiger partial charge < -0.3 is 24.9 Å². The van der Waals surface area contributed by atoms with Gasteiger partial charge in [0.05, 0.1) is 0 Å². The van der Waals surface area contributed by atoms with Gasteiger partial charge in [0.1, 0.15) is 29.6 Å². The second-order valence-corrected chi connectivity index (χ2v) is 13.3. The summed E-state index contributed by atoms with van der Waals surface area (Å²) in [5, 5.41) is 3.36. The van der Waals surface area contributed by atoms with E-state index in [1.165, 1.54) is 22.7 Å². The summed E-state index contributed by atoms with van der Waals surface area (Å²) < 4.78 is 9.09. The topological polar surface area (TPSA) is 140 Å². The molecular formula is C34H42N8O4. The molecule has 12 heteroatoms. The number of nitrogens with two attached hydrogens (primary N) is 1. The Kier molecular flexibility index (Phi) is 8.09. The molecule has 3 aromatic heterocycles. The van der Waals surface area contributed by atoms with Crippen LogP contribution in [0.25, 0.3) is 11.1 Å². The van der Waals surface area contributed by atoms with Crippen LogP contribution in [-0.4, -0.2) is 69.5 Å². The maximum absolute atomic E-state index is 14.0. The van der Waals surface area contributed by atoms with Crippen molar-refractivity contribution in [2.45, 2.75) is 59.7 Å². The molecule has 3 N–H and O–H groups in total. The number of aryl methyl sites for hydroxylation is 1. The molecule has 0 aromatic carbocycles. The van der Waals surface area contributed by atoms with E-state index in [0.29, 0.717) is 41.3 Å². The molecule has 1 saturated heterocycles. The number of nitrogens with zero attached hydrogens (tertiary/aromatic N) is 6. The van der Waals surface area contributed by atoms with Gasteiger partial charge >= 0.3 is 5.97 Å². The van der Waals surface area contributed by atoms with Gasteiger partial charge in [-0.2, -0.15) is 0 Å². The number of hydrogen-bond acceptors (Lipinski definition) is 8. The van der Waals surface area contributed by atoms with Gasteiger partial charge in [0.25, 0.3) is 11.5 Å². The molecule has 1 fully saturated rings. The van der Waals surface area contributed by atoms with Crippen LogP contribution in [0.4, 0.5) is 11.5 Å². The number of nitrogens with one attached hydrogen (secondary N) is 1. The predicted molar refractivity (Wildman–Crippen MR) is 177 cm³/mol. The largest absolute Gasteiger partial charge is 0.461 e. The maximum Gasteiger partial charge on any atom is 0.302 e. The smallest absolute Gasteiger partial charge is 0.302 e. The highest BCUT2D eigenvalue weighted by molar-refractivity contribution is 6.06. The van der Waals surface area contributed by atoms with Gasteiger partial charge in [0.2, 0.25) is 0 Å². The monoisotopic (exact) mass is 626 g/mol. The van der Waals surface area contributed by atoms with Gasteiger partial charge in [-0.05, 0) is 61.6 Å². The molecule has 46 heavy (non-hydrogen) atoms. The third-order valence-corrected chi connectivity index (χ3v) is 9.27. The first-order chi connectivity index (χ1) is 21.8. The second-order valence-electron chi connectivity index (χ2n) is 13.3. The van der Waals surface area contributed by atoms with Gasteiger partial charge in [0.15, 0.2) is 0 Å². The lowest BCUT2D eigenvalue weighted by Crippen LogP contribution is -2.46. The first kappa shape index (κ1) is 31.3. The Hall–Kier alpha value is -4.71. The third kappa shape index (κ3) is 5.84. The van der Waals surface area contributed by atoms with Gasteiger partial charge in [-0.15, -0.1) is 0 Å². The fourth-order valence-corrected chi connectivity index (χ4v) is 6.79. The number of rotatable bonds is 6. The van der Waals surface area contributed by atoms with Crippen LogP contribution in [0.15, 0.2) is 52.2 Å². The summed E-state index contributed by atoms with van der Waals surface area (Å²) in [6, 6.07) is 5.61. The van der Waals surface area contributed by atoms with E-state index < -0.39 is 5.97 Å². The van der Waals surface area contributed by atoms with Crippen molar-refractivity contribution in [1.29, 1.82) is 0 Å². The fraction of sp³-hybridized carbons (Fsp3) is 0.441. The average Bonchev–Trinajstić information content (AvgIpc) is 3.49. The zero-order valence-corrected chi connectivity index (χ0v) is 27.4. The minimum Gasteiger partial charge on any atom is -0.461 e. The highest BCUT2D eigenvalue weighted by atomic mass is 16.5. The number of likely N-dealkylation sites (N-methyl/N-ethyl adjacent to an activating group) is 1. The number of pyridine rings is 2. The van der Waals surface area contributed by atoms with E-state index >= 15 is 0 Å². The van der Waals surface area contributed by atoms with E-state index in [-0.39, 0.29) is 41.1 Å². The number of anilines is 1. The van der Waals surface area contributed by atoms with Crippen LogP contribution < -0.4 is 21.5 Å². The van der Waals surface area contributed by atoms with E-state index in [9.17, 15) is 14.4 Å². The number of fused-ring (bicyclic) bond motifs is 3. The van der Waals surface area contributed by atoms with Crippen molar-refractivity contribution in [3.05, 3.63) is 75.2 Å². The van der Waals surface area contributed by atoms with Crippen LogP contribution >= 0.6 is 0 Å². The van der Waals surface area contributed by atoms with Crippen LogP contribution in [-0.2, 0) is 42.6 Å². The first-order valence-electron chi connectivity index (χ1n) is 15.7. The van der Waals surface area contributed by atoms with Gasteiger partial charge in [-0.25, -0.2) is 9.98 Å². The molecule has 12 nitrogen and oxygen atoms in total. The van der Waals surface area contributed by atoms with Crippen molar-refractivity contribution in [1.82, 2.24) is 24.3 Å². The summed E-state index contributed by atoms with van der Waals surface area (Å²) in [7, 11) is 3.69. The molecule has 0 radical (unpaired) electrons. The molecule has 3 aliphatic rings. The molecule has 3 aromatic rings. The lowest BCUT2D eigenvalue weighted by Gasteiger charge is -2.33. The molecule has 2 aliphatic heterocycles. The van der Waals surface area contributed by atoms with Gasteiger partial charge in [-0.1, -0.05) is 13.8 Å². The van der Waals surface area contributed by atoms with Crippen molar-refractivity contribution in [3.63, 3.8) is 0 Å². The number of amides is 1. The number of aromatic nitrogens is 3. The van der Waals surface area contributed by atoms with Crippen molar-refractivity contribution < 1.29 is 14.3 Å². The number of hydrogen-bond donors (Lipinski definition) is 2. The fourth-order valence-electron chi connectivity index (χ4n) is 6.79. The standard InChI is InChI=1S/C34H42N8O4/c1-20-26(36-9-10-39(20)5)15-30(35)38-27-13-23(18-40(6)32(27)44)24-7-8-37-31(25(24)19-46-21(2)43)42-12-11-41-28(33(42)45)14-22-16-34(3,4)17-29(22)41/h7-8,13-15,18,20,36H,9-12,16-17,19H2,1-6H3,(H2,35,38)/b26-15-. The Morgan fingerprint density at radius 1 is 1.20 bits per heavy atom. The number of esters is 1. The Labute approximate surface area is 268 Å². The zero-order valence-electron chi connectivity index (χ0n) is 27.4. The summed E-state index contributed by atoms with van der Waals surface area (Å²) in [6.07, 6.45) is 6.96. The second kappa shape index (κ2) is 11.9. The molecule has 5 heterocycles. The number of ether oxygens (including phenoxy) is 1. The third-order valence-electron chi connectivity index (χ3n) is 9.27. The molecule has 242 valence electrons. The van der Waals surface area contributed by atoms with E-state index in [1.807, 2.05) is 13.1 Å². The van der Waals surface area contributed by atoms with E-state index in [1.54, 1.807) is 42.6 Å². The molecular weight excluding hydrogens is 584 g/mol. The summed E-state index contributed by atoms with van der Waals surface area (Å²) in [6.45, 7) is 10.6. The first-order valence-corrected chi connectivity index (χ1v) is 15.7. The molecule has 1 unspecified atom stereocenters. The van der Waals surface area contributed by atoms with Crippen LogP contribution in [0.5, 0.6) is 0 Å². The average molecular weight is 627 g/mol. The molecule has 1 atom stereocenters. The Morgan fingerprint density at radius 2 is 1.98 bits per heavy atom. The van der Waals surface area contributed by atoms with E-state index in [4.69, 9.17) is 10.5 Å². The highest BCUT2D eigenvalue weighted by Crippen LogP contribution is 2.40. The Morgan fingerprint density at radius 3 is 2.74 bits per heavy atom. The molecule has 0 spiro atoms. The van der Waals surface area contributed by atoms with E-state index in [0.717, 1.165) is 31.6 Å². The molecule has 1 aliphatic carbocycles. The lowest BCUT2D eigenvalue weighted by atomic mass is 9.90. The lowest BCUT2D eigenvalue weighted by molar-refractivity contribution is -0.142.